The second kappa shape index (κ2) is 19.9. The van der Waals surface area contributed by atoms with Crippen LogP contribution in [0.3, 0.4) is 0 Å². The summed E-state index contributed by atoms with van der Waals surface area (Å²) >= 11 is 1.61. The van der Waals surface area contributed by atoms with Gasteiger partial charge in [0.25, 0.3) is 0 Å². The first-order chi connectivity index (χ1) is 13.5. The molecule has 28 heavy (non-hydrogen) atoms. The first-order valence-electron chi connectivity index (χ1n) is 9.55. The highest BCUT2D eigenvalue weighted by Crippen LogP contribution is 2.15. The number of allylic oxidation sites excluding steroid dienone is 5. The van der Waals surface area contributed by atoms with Gasteiger partial charge in [0.05, 0.1) is 0 Å². The van der Waals surface area contributed by atoms with Crippen LogP contribution in [0.25, 0.3) is 5.57 Å². The fourth-order valence-corrected chi connectivity index (χ4v) is 2.19. The molecule has 0 amide bonds. The molecule has 0 radical (unpaired) electrons. The molecule has 2 nitrogen and oxygen atoms in total. The Hall–Kier alpha value is -1.85. The van der Waals surface area contributed by atoms with Crippen LogP contribution in [0.2, 0.25) is 0 Å². The molecule has 0 saturated carbocycles. The van der Waals surface area contributed by atoms with Crippen LogP contribution < -0.4 is 10.0 Å². The Bertz CT molecular complexity index is 623. The molecular weight excluding hydrogens is 374 g/mol. The van der Waals surface area contributed by atoms with Crippen molar-refractivity contribution < 1.29 is 8.78 Å². The Morgan fingerprint density at radius 2 is 1.89 bits per heavy atom. The van der Waals surface area contributed by atoms with Gasteiger partial charge in [0, 0.05) is 19.0 Å². The van der Waals surface area contributed by atoms with E-state index in [1.807, 2.05) is 20.1 Å². The van der Waals surface area contributed by atoms with E-state index in [1.165, 1.54) is 29.7 Å². The van der Waals surface area contributed by atoms with Gasteiger partial charge in [-0.05, 0) is 50.1 Å². The van der Waals surface area contributed by atoms with E-state index >= 15 is 0 Å². The molecule has 158 valence electrons. The number of hydrogen-bond donors (Lipinski definition) is 2. The van der Waals surface area contributed by atoms with Crippen molar-refractivity contribution in [2.75, 3.05) is 19.3 Å². The summed E-state index contributed by atoms with van der Waals surface area (Å²) in [6.45, 7) is 14.9. The van der Waals surface area contributed by atoms with E-state index in [4.69, 9.17) is 0 Å². The van der Waals surface area contributed by atoms with E-state index < -0.39 is 11.7 Å². The monoisotopic (exact) mass is 410 g/mol. The van der Waals surface area contributed by atoms with Crippen molar-refractivity contribution in [1.29, 1.82) is 0 Å². The maximum absolute atomic E-state index is 12.1. The first kappa shape index (κ1) is 28.4. The Kier molecular flexibility index (Phi) is 20.2. The highest BCUT2D eigenvalue weighted by molar-refractivity contribution is 7.96. The first-order valence-corrected chi connectivity index (χ1v) is 10.8. The molecule has 1 aromatic rings. The molecule has 0 aromatic heterocycles. The van der Waals surface area contributed by atoms with Crippen LogP contribution in [0.5, 0.6) is 0 Å². The molecule has 0 bridgehead atoms. The van der Waals surface area contributed by atoms with Crippen LogP contribution in [0, 0.1) is 6.92 Å². The maximum atomic E-state index is 12.1. The van der Waals surface area contributed by atoms with Crippen molar-refractivity contribution in [2.45, 2.75) is 41.0 Å². The summed E-state index contributed by atoms with van der Waals surface area (Å²) in [4.78, 5) is 0. The van der Waals surface area contributed by atoms with Gasteiger partial charge >= 0.3 is 0 Å². The van der Waals surface area contributed by atoms with Crippen LogP contribution in [-0.2, 0) is 0 Å². The Balaban J connectivity index is 0. The topological polar surface area (TPSA) is 24.1 Å². The van der Waals surface area contributed by atoms with Gasteiger partial charge in [0.1, 0.15) is 0 Å². The van der Waals surface area contributed by atoms with Crippen LogP contribution >= 0.6 is 11.9 Å². The van der Waals surface area contributed by atoms with Crippen LogP contribution in [0.4, 0.5) is 8.78 Å². The average molecular weight is 411 g/mol. The maximum Gasteiger partial charge on any atom is 0.158 e. The molecule has 0 unspecified atom stereocenters. The summed E-state index contributed by atoms with van der Waals surface area (Å²) in [7, 11) is 0. The lowest BCUT2D eigenvalue weighted by molar-refractivity contribution is 0.544. The quantitative estimate of drug-likeness (QED) is 0.257. The number of halogens is 2. The number of nitrogens with one attached hydrogen (secondary N) is 2. The lowest BCUT2D eigenvalue weighted by Gasteiger charge is -2.10. The second-order valence-corrected chi connectivity index (χ2v) is 6.07. The SMILES string of the molecule is C=C/C=C(F)\C(F)=C/C.CC.CCCNC/C(=C/NSC)c1cccc(C)c1. The lowest BCUT2D eigenvalue weighted by Crippen LogP contribution is -2.18. The van der Waals surface area contributed by atoms with Gasteiger partial charge < -0.3 is 10.0 Å². The zero-order chi connectivity index (χ0) is 21.8. The van der Waals surface area contributed by atoms with Crippen LogP contribution in [-0.4, -0.2) is 19.3 Å². The van der Waals surface area contributed by atoms with Crippen molar-refractivity contribution in [3.63, 3.8) is 0 Å². The minimum absolute atomic E-state index is 0.852. The van der Waals surface area contributed by atoms with Gasteiger partial charge in [-0.1, -0.05) is 75.2 Å². The summed E-state index contributed by atoms with van der Waals surface area (Å²) in [6.07, 6.45) is 8.49. The number of hydrogen-bond acceptors (Lipinski definition) is 3. The average Bonchev–Trinajstić information content (AvgIpc) is 2.72. The van der Waals surface area contributed by atoms with E-state index in [1.54, 1.807) is 11.9 Å². The highest BCUT2D eigenvalue weighted by atomic mass is 32.2. The molecule has 0 fully saturated rings. The third-order valence-electron chi connectivity index (χ3n) is 3.23. The van der Waals surface area contributed by atoms with E-state index in [0.717, 1.165) is 31.7 Å². The zero-order valence-corrected chi connectivity index (χ0v) is 18.9. The molecular formula is C23H36F2N2S. The predicted molar refractivity (Wildman–Crippen MR) is 125 cm³/mol. The number of aryl methyl sites for hydroxylation is 1. The van der Waals surface area contributed by atoms with Crippen molar-refractivity contribution in [1.82, 2.24) is 10.0 Å². The van der Waals surface area contributed by atoms with Gasteiger partial charge in [-0.3, -0.25) is 0 Å². The standard InChI is InChI=1S/C14H22N2S.C7H8F2.C2H6/c1-4-8-15-10-14(11-16-17-3)13-7-5-6-12(2)9-13;1-3-5-7(9)6(8)4-2;1-2/h5-7,9,11,15-16H,4,8,10H2,1-3H3;3-5H,1H2,2H3;1-2H3/b14-11-;6-4+,7-5+;. The normalized spacial score (nSPS) is 11.6. The van der Waals surface area contributed by atoms with Crippen LogP contribution in [0.1, 0.15) is 45.2 Å². The van der Waals surface area contributed by atoms with Crippen LogP contribution in [0.15, 0.2) is 66.9 Å². The fraction of sp³-hybridized carbons (Fsp3) is 0.391. The minimum atomic E-state index is -0.882. The predicted octanol–water partition coefficient (Wildman–Crippen LogP) is 7.13. The van der Waals surface area contributed by atoms with Gasteiger partial charge in [0.15, 0.2) is 11.7 Å². The summed E-state index contributed by atoms with van der Waals surface area (Å²) in [6, 6.07) is 8.62. The third-order valence-corrected chi connectivity index (χ3v) is 3.58. The molecule has 0 aliphatic carbocycles. The number of rotatable bonds is 9. The molecule has 5 heteroatoms. The Morgan fingerprint density at radius 1 is 1.21 bits per heavy atom. The summed E-state index contributed by atoms with van der Waals surface area (Å²) in [5, 5.41) is 3.44. The molecule has 0 aliphatic rings. The Labute approximate surface area is 175 Å². The van der Waals surface area contributed by atoms with Crippen molar-refractivity contribution in [3.05, 3.63) is 78.1 Å². The highest BCUT2D eigenvalue weighted by Gasteiger charge is 2.01. The molecule has 1 rings (SSSR count). The van der Waals surface area contributed by atoms with E-state index in [-0.39, 0.29) is 0 Å². The zero-order valence-electron chi connectivity index (χ0n) is 18.1. The van der Waals surface area contributed by atoms with Crippen molar-refractivity contribution >= 4 is 17.5 Å². The molecule has 2 N–H and O–H groups in total. The molecule has 0 saturated heterocycles. The van der Waals surface area contributed by atoms with Crippen molar-refractivity contribution in [2.24, 2.45) is 0 Å². The molecule has 0 atom stereocenters. The summed E-state index contributed by atoms with van der Waals surface area (Å²) < 4.78 is 27.4. The fourth-order valence-electron chi connectivity index (χ4n) is 1.93. The third kappa shape index (κ3) is 14.2. The lowest BCUT2D eigenvalue weighted by atomic mass is 10.0. The molecule has 0 heterocycles. The second-order valence-electron chi connectivity index (χ2n) is 5.42. The number of benzene rings is 1. The van der Waals surface area contributed by atoms with E-state index in [9.17, 15) is 8.78 Å². The van der Waals surface area contributed by atoms with Crippen molar-refractivity contribution in [3.8, 4) is 0 Å². The smallest absolute Gasteiger partial charge is 0.158 e. The minimum Gasteiger partial charge on any atom is -0.336 e. The van der Waals surface area contributed by atoms with Gasteiger partial charge in [-0.15, -0.1) is 0 Å². The molecule has 0 spiro atoms. The summed E-state index contributed by atoms with van der Waals surface area (Å²) in [5.74, 6) is -1.73. The van der Waals surface area contributed by atoms with Gasteiger partial charge in [0.2, 0.25) is 0 Å². The van der Waals surface area contributed by atoms with E-state index in [2.05, 4.69) is 60.9 Å². The largest absolute Gasteiger partial charge is 0.336 e. The van der Waals surface area contributed by atoms with Gasteiger partial charge in [-0.2, -0.15) is 0 Å². The molecule has 0 aliphatic heterocycles. The van der Waals surface area contributed by atoms with Gasteiger partial charge in [-0.25, -0.2) is 8.78 Å². The summed E-state index contributed by atoms with van der Waals surface area (Å²) in [5.41, 5.74) is 3.89. The molecule has 1 aromatic carbocycles. The Morgan fingerprint density at radius 3 is 2.39 bits per heavy atom. The van der Waals surface area contributed by atoms with E-state index in [0.29, 0.717) is 0 Å².